The molecule has 1 aromatic rings. The molecule has 1 rings (SSSR count). The Balaban J connectivity index is 3.37. The Bertz CT molecular complexity index is 437. The van der Waals surface area contributed by atoms with E-state index in [4.69, 9.17) is 5.14 Å². The molecule has 0 saturated carbocycles. The minimum Gasteiger partial charge on any atom is -0.507 e. The van der Waals surface area contributed by atoms with Crippen molar-refractivity contribution in [3.8, 4) is 5.75 Å². The fourth-order valence-corrected chi connectivity index (χ4v) is 1.78. The van der Waals surface area contributed by atoms with Crippen molar-refractivity contribution in [3.63, 3.8) is 0 Å². The van der Waals surface area contributed by atoms with Crippen LogP contribution in [0.4, 0.5) is 0 Å². The summed E-state index contributed by atoms with van der Waals surface area (Å²) >= 11 is 0. The van der Waals surface area contributed by atoms with Crippen LogP contribution in [-0.4, -0.2) is 13.5 Å². The van der Waals surface area contributed by atoms with E-state index in [0.29, 0.717) is 0 Å². The SMILES string of the molecule is CC(C)c1ccc(O)c(S(N)(=O)=O)c1. The molecule has 0 bridgehead atoms. The van der Waals surface area contributed by atoms with Gasteiger partial charge < -0.3 is 5.11 Å². The second-order valence-electron chi connectivity index (χ2n) is 3.43. The maximum Gasteiger partial charge on any atom is 0.241 e. The summed E-state index contributed by atoms with van der Waals surface area (Å²) < 4.78 is 22.1. The number of phenolic OH excluding ortho intramolecular Hbond substituents is 1. The van der Waals surface area contributed by atoms with Crippen molar-refractivity contribution in [1.29, 1.82) is 0 Å². The summed E-state index contributed by atoms with van der Waals surface area (Å²) in [6.07, 6.45) is 0. The summed E-state index contributed by atoms with van der Waals surface area (Å²) in [5.41, 5.74) is 0.826. The fourth-order valence-electron chi connectivity index (χ4n) is 1.12. The lowest BCUT2D eigenvalue weighted by Crippen LogP contribution is -2.12. The molecule has 78 valence electrons. The minimum atomic E-state index is -3.84. The third-order valence-corrected chi connectivity index (χ3v) is 2.90. The normalized spacial score (nSPS) is 12.0. The molecule has 0 atom stereocenters. The van der Waals surface area contributed by atoms with Gasteiger partial charge >= 0.3 is 0 Å². The second kappa shape index (κ2) is 3.59. The number of benzene rings is 1. The number of hydrogen-bond acceptors (Lipinski definition) is 3. The maximum atomic E-state index is 11.0. The van der Waals surface area contributed by atoms with Crippen molar-refractivity contribution < 1.29 is 13.5 Å². The molecule has 0 heterocycles. The highest BCUT2D eigenvalue weighted by Crippen LogP contribution is 2.25. The molecular formula is C9H13NO3S. The number of hydrogen-bond donors (Lipinski definition) is 2. The van der Waals surface area contributed by atoms with Gasteiger partial charge in [-0.25, -0.2) is 13.6 Å². The molecule has 4 nitrogen and oxygen atoms in total. The van der Waals surface area contributed by atoms with Crippen LogP contribution in [0.15, 0.2) is 23.1 Å². The van der Waals surface area contributed by atoms with E-state index in [1.165, 1.54) is 12.1 Å². The first-order valence-electron chi connectivity index (χ1n) is 4.18. The summed E-state index contributed by atoms with van der Waals surface area (Å²) in [5.74, 6) is -0.118. The number of aromatic hydroxyl groups is 1. The molecule has 14 heavy (non-hydrogen) atoms. The minimum absolute atomic E-state index is 0.191. The van der Waals surface area contributed by atoms with E-state index >= 15 is 0 Å². The van der Waals surface area contributed by atoms with Gasteiger partial charge in [0.1, 0.15) is 10.6 Å². The lowest BCUT2D eigenvalue weighted by molar-refractivity contribution is 0.458. The first kappa shape index (κ1) is 11.0. The van der Waals surface area contributed by atoms with E-state index < -0.39 is 10.0 Å². The third kappa shape index (κ3) is 2.24. The zero-order valence-electron chi connectivity index (χ0n) is 8.06. The zero-order valence-corrected chi connectivity index (χ0v) is 8.88. The van der Waals surface area contributed by atoms with Gasteiger partial charge in [0.15, 0.2) is 0 Å². The van der Waals surface area contributed by atoms with E-state index in [1.54, 1.807) is 6.07 Å². The van der Waals surface area contributed by atoms with Crippen LogP contribution < -0.4 is 5.14 Å². The summed E-state index contributed by atoms with van der Waals surface area (Å²) in [6, 6.07) is 4.42. The van der Waals surface area contributed by atoms with Gasteiger partial charge in [0.05, 0.1) is 0 Å². The van der Waals surface area contributed by atoms with Gasteiger partial charge in [-0.1, -0.05) is 19.9 Å². The molecule has 5 heteroatoms. The van der Waals surface area contributed by atoms with Crippen molar-refractivity contribution in [3.05, 3.63) is 23.8 Å². The zero-order chi connectivity index (χ0) is 10.9. The van der Waals surface area contributed by atoms with Gasteiger partial charge in [-0.05, 0) is 23.6 Å². The molecule has 0 unspecified atom stereocenters. The number of rotatable bonds is 2. The Labute approximate surface area is 83.4 Å². The highest BCUT2D eigenvalue weighted by molar-refractivity contribution is 7.89. The molecule has 0 fully saturated rings. The van der Waals surface area contributed by atoms with Crippen molar-refractivity contribution in [2.75, 3.05) is 0 Å². The second-order valence-corrected chi connectivity index (χ2v) is 4.96. The molecule has 0 saturated heterocycles. The van der Waals surface area contributed by atoms with Gasteiger partial charge in [-0.15, -0.1) is 0 Å². The average molecular weight is 215 g/mol. The molecule has 0 aliphatic carbocycles. The molecule has 0 aliphatic rings. The Kier molecular flexibility index (Phi) is 2.82. The van der Waals surface area contributed by atoms with Crippen LogP contribution in [-0.2, 0) is 10.0 Å². The standard InChI is InChI=1S/C9H13NO3S/c1-6(2)7-3-4-8(11)9(5-7)14(10,12)13/h3-6,11H,1-2H3,(H2,10,12,13). The smallest absolute Gasteiger partial charge is 0.241 e. The fraction of sp³-hybridized carbons (Fsp3) is 0.333. The lowest BCUT2D eigenvalue weighted by atomic mass is 10.0. The van der Waals surface area contributed by atoms with Gasteiger partial charge in [0.2, 0.25) is 10.0 Å². The summed E-state index contributed by atoms with van der Waals surface area (Å²) in [6.45, 7) is 3.86. The van der Waals surface area contributed by atoms with Gasteiger partial charge in [0.25, 0.3) is 0 Å². The Hall–Kier alpha value is -1.07. The van der Waals surface area contributed by atoms with Crippen LogP contribution in [0.3, 0.4) is 0 Å². The molecule has 0 spiro atoms. The van der Waals surface area contributed by atoms with Crippen LogP contribution in [0.2, 0.25) is 0 Å². The Morgan fingerprint density at radius 2 is 1.93 bits per heavy atom. The van der Waals surface area contributed by atoms with E-state index in [0.717, 1.165) is 5.56 Å². The van der Waals surface area contributed by atoms with Crippen molar-refractivity contribution in [2.24, 2.45) is 5.14 Å². The predicted octanol–water partition coefficient (Wildman–Crippen LogP) is 1.16. The molecule has 0 aliphatic heterocycles. The number of sulfonamides is 1. The predicted molar refractivity (Wildman–Crippen MR) is 53.6 cm³/mol. The molecular weight excluding hydrogens is 202 g/mol. The average Bonchev–Trinajstić information content (AvgIpc) is 2.02. The van der Waals surface area contributed by atoms with Crippen molar-refractivity contribution in [1.82, 2.24) is 0 Å². The van der Waals surface area contributed by atoms with E-state index in [9.17, 15) is 13.5 Å². The Morgan fingerprint density at radius 1 is 1.36 bits per heavy atom. The van der Waals surface area contributed by atoms with E-state index in [1.807, 2.05) is 13.8 Å². The first-order valence-corrected chi connectivity index (χ1v) is 5.72. The van der Waals surface area contributed by atoms with Crippen LogP contribution in [0.1, 0.15) is 25.3 Å². The molecule has 0 radical (unpaired) electrons. The molecule has 3 N–H and O–H groups in total. The number of primary sulfonamides is 1. The quantitative estimate of drug-likeness (QED) is 0.776. The van der Waals surface area contributed by atoms with Crippen LogP contribution >= 0.6 is 0 Å². The van der Waals surface area contributed by atoms with Gasteiger partial charge in [0, 0.05) is 0 Å². The summed E-state index contributed by atoms with van der Waals surface area (Å²) in [4.78, 5) is -0.219. The Morgan fingerprint density at radius 3 is 2.36 bits per heavy atom. The summed E-state index contributed by atoms with van der Waals surface area (Å²) in [7, 11) is -3.84. The van der Waals surface area contributed by atoms with E-state index in [-0.39, 0.29) is 16.6 Å². The van der Waals surface area contributed by atoms with Crippen LogP contribution in [0.25, 0.3) is 0 Å². The monoisotopic (exact) mass is 215 g/mol. The molecule has 1 aromatic carbocycles. The number of phenols is 1. The van der Waals surface area contributed by atoms with Crippen molar-refractivity contribution in [2.45, 2.75) is 24.7 Å². The lowest BCUT2D eigenvalue weighted by Gasteiger charge is -2.08. The van der Waals surface area contributed by atoms with Crippen molar-refractivity contribution >= 4 is 10.0 Å². The molecule has 0 aromatic heterocycles. The van der Waals surface area contributed by atoms with Gasteiger partial charge in [-0.3, -0.25) is 0 Å². The maximum absolute atomic E-state index is 11.0. The first-order chi connectivity index (χ1) is 6.32. The molecule has 0 amide bonds. The summed E-state index contributed by atoms with van der Waals surface area (Å²) in [5, 5.41) is 14.2. The van der Waals surface area contributed by atoms with Gasteiger partial charge in [-0.2, -0.15) is 0 Å². The van der Waals surface area contributed by atoms with E-state index in [2.05, 4.69) is 0 Å². The largest absolute Gasteiger partial charge is 0.507 e. The van der Waals surface area contributed by atoms with Crippen LogP contribution in [0, 0.1) is 0 Å². The topological polar surface area (TPSA) is 80.4 Å². The van der Waals surface area contributed by atoms with Crippen LogP contribution in [0.5, 0.6) is 5.75 Å². The highest BCUT2D eigenvalue weighted by atomic mass is 32.2. The number of nitrogens with two attached hydrogens (primary N) is 1. The highest BCUT2D eigenvalue weighted by Gasteiger charge is 2.14. The third-order valence-electron chi connectivity index (χ3n) is 1.96.